The van der Waals surface area contributed by atoms with Crippen molar-refractivity contribution < 1.29 is 4.39 Å². The number of nitrogens with one attached hydrogen (secondary N) is 1. The number of H-pyrrole nitrogens is 1. The second kappa shape index (κ2) is 5.71. The molecule has 0 spiro atoms. The average Bonchev–Trinajstić information content (AvgIpc) is 2.92. The Bertz CT molecular complexity index is 835. The zero-order chi connectivity index (χ0) is 14.3. The first kappa shape index (κ1) is 14.4. The van der Waals surface area contributed by atoms with E-state index >= 15 is 0 Å². The maximum absolute atomic E-state index is 13.5. The summed E-state index contributed by atoms with van der Waals surface area (Å²) in [4.78, 5) is 4.33. The summed E-state index contributed by atoms with van der Waals surface area (Å²) in [5.41, 5.74) is 1.64. The van der Waals surface area contributed by atoms with Crippen LogP contribution in [0.2, 0.25) is 0 Å². The molecule has 3 rings (SSSR count). The Hall–Kier alpha value is -0.500. The third-order valence-electron chi connectivity index (χ3n) is 3.03. The van der Waals surface area contributed by atoms with Gasteiger partial charge in [-0.3, -0.25) is 0 Å². The maximum atomic E-state index is 13.5. The number of halogens is 3. The Labute approximate surface area is 140 Å². The Morgan fingerprint density at radius 3 is 2.80 bits per heavy atom. The van der Waals surface area contributed by atoms with Gasteiger partial charge in [-0.2, -0.15) is 0 Å². The third kappa shape index (κ3) is 2.77. The predicted molar refractivity (Wildman–Crippen MR) is 90.5 cm³/mol. The van der Waals surface area contributed by atoms with E-state index in [-0.39, 0.29) is 5.82 Å². The van der Waals surface area contributed by atoms with Crippen molar-refractivity contribution in [3.63, 3.8) is 0 Å². The first-order valence-corrected chi connectivity index (χ1v) is 8.67. The van der Waals surface area contributed by atoms with Crippen LogP contribution in [0.25, 0.3) is 11.0 Å². The van der Waals surface area contributed by atoms with Gasteiger partial charge in [-0.05, 0) is 68.7 Å². The van der Waals surface area contributed by atoms with Crippen LogP contribution < -0.4 is 0 Å². The van der Waals surface area contributed by atoms with Gasteiger partial charge >= 0.3 is 0 Å². The fraction of sp³-hybridized carbons (Fsp3) is 0.154. The molecule has 0 saturated heterocycles. The van der Waals surface area contributed by atoms with Gasteiger partial charge < -0.3 is 9.55 Å². The first-order valence-electron chi connectivity index (χ1n) is 5.86. The molecule has 0 aliphatic rings. The number of imidazole rings is 1. The van der Waals surface area contributed by atoms with Gasteiger partial charge in [0, 0.05) is 17.5 Å². The highest BCUT2D eigenvalue weighted by molar-refractivity contribution is 9.11. The van der Waals surface area contributed by atoms with Crippen LogP contribution in [0.15, 0.2) is 32.5 Å². The molecule has 0 saturated carbocycles. The van der Waals surface area contributed by atoms with Crippen molar-refractivity contribution in [2.24, 2.45) is 0 Å². The van der Waals surface area contributed by atoms with E-state index in [2.05, 4.69) is 42.9 Å². The van der Waals surface area contributed by atoms with Gasteiger partial charge in [-0.15, -0.1) is 11.3 Å². The topological polar surface area (TPSA) is 20.7 Å². The number of benzene rings is 1. The minimum Gasteiger partial charge on any atom is -0.330 e. The molecule has 2 nitrogen and oxygen atoms in total. The Balaban J connectivity index is 1.96. The summed E-state index contributed by atoms with van der Waals surface area (Å²) < 4.78 is 17.7. The number of thiophene rings is 1. The maximum Gasteiger partial charge on any atom is 0.178 e. The molecule has 0 aliphatic heterocycles. The van der Waals surface area contributed by atoms with Crippen molar-refractivity contribution in [1.82, 2.24) is 9.55 Å². The summed E-state index contributed by atoms with van der Waals surface area (Å²) in [6.07, 6.45) is 0.895. The van der Waals surface area contributed by atoms with Crippen molar-refractivity contribution in [2.45, 2.75) is 13.0 Å². The number of hydrogen-bond acceptors (Lipinski definition) is 2. The van der Waals surface area contributed by atoms with Crippen LogP contribution in [-0.4, -0.2) is 9.55 Å². The molecule has 1 N–H and O–H groups in total. The number of hydrogen-bond donors (Lipinski definition) is 1. The van der Waals surface area contributed by atoms with Gasteiger partial charge in [0.15, 0.2) is 4.77 Å². The quantitative estimate of drug-likeness (QED) is 0.525. The summed E-state index contributed by atoms with van der Waals surface area (Å²) >= 11 is 13.7. The molecule has 3 aromatic rings. The van der Waals surface area contributed by atoms with Crippen molar-refractivity contribution in [1.29, 1.82) is 0 Å². The zero-order valence-electron chi connectivity index (χ0n) is 10.1. The fourth-order valence-electron chi connectivity index (χ4n) is 2.08. The number of nitrogens with zero attached hydrogens (tertiary/aromatic N) is 1. The molecular formula is C13H9Br2FN2S2. The summed E-state index contributed by atoms with van der Waals surface area (Å²) in [7, 11) is 0. The summed E-state index contributed by atoms with van der Waals surface area (Å²) in [6, 6.07) is 7.37. The van der Waals surface area contributed by atoms with E-state index in [1.165, 1.54) is 10.9 Å². The van der Waals surface area contributed by atoms with Crippen LogP contribution in [0.5, 0.6) is 0 Å². The van der Waals surface area contributed by atoms with Gasteiger partial charge in [0.25, 0.3) is 0 Å². The first-order chi connectivity index (χ1) is 9.54. The molecule has 2 aromatic heterocycles. The molecule has 0 aliphatic carbocycles. The van der Waals surface area contributed by atoms with Crippen molar-refractivity contribution in [2.75, 3.05) is 0 Å². The highest BCUT2D eigenvalue weighted by Gasteiger charge is 2.09. The molecule has 20 heavy (non-hydrogen) atoms. The van der Waals surface area contributed by atoms with Crippen molar-refractivity contribution in [3.8, 4) is 0 Å². The molecule has 0 fully saturated rings. The van der Waals surface area contributed by atoms with Crippen molar-refractivity contribution in [3.05, 3.63) is 48.0 Å². The van der Waals surface area contributed by atoms with E-state index in [0.717, 1.165) is 27.8 Å². The van der Waals surface area contributed by atoms with Crippen LogP contribution in [0, 0.1) is 10.6 Å². The van der Waals surface area contributed by atoms with E-state index in [0.29, 0.717) is 9.24 Å². The van der Waals surface area contributed by atoms with Crippen LogP contribution in [0.3, 0.4) is 0 Å². The Morgan fingerprint density at radius 2 is 2.10 bits per heavy atom. The summed E-state index contributed by atoms with van der Waals surface area (Å²) in [5, 5.41) is 0. The van der Waals surface area contributed by atoms with Crippen LogP contribution in [-0.2, 0) is 13.0 Å². The lowest BCUT2D eigenvalue weighted by Crippen LogP contribution is -2.00. The monoisotopic (exact) mass is 434 g/mol. The Morgan fingerprint density at radius 1 is 1.30 bits per heavy atom. The SMILES string of the molecule is Fc1cc2[nH]c(=S)n(CCc3ccc(Br)s3)c2cc1Br. The van der Waals surface area contributed by atoms with Gasteiger partial charge in [0.2, 0.25) is 0 Å². The second-order valence-electron chi connectivity index (χ2n) is 4.32. The molecule has 2 heterocycles. The van der Waals surface area contributed by atoms with Crippen LogP contribution in [0.4, 0.5) is 4.39 Å². The molecule has 7 heteroatoms. The molecule has 0 bridgehead atoms. The van der Waals surface area contributed by atoms with E-state index in [9.17, 15) is 4.39 Å². The lowest BCUT2D eigenvalue weighted by Gasteiger charge is -2.04. The highest BCUT2D eigenvalue weighted by atomic mass is 79.9. The minimum atomic E-state index is -0.289. The standard InChI is InChI=1S/C13H9Br2FN2S2/c14-8-5-11-10(6-9(8)16)17-13(19)18(11)4-3-7-1-2-12(15)20-7/h1-2,5-6H,3-4H2,(H,17,19). The second-order valence-corrected chi connectivity index (χ2v) is 8.11. The lowest BCUT2D eigenvalue weighted by molar-refractivity contribution is 0.622. The third-order valence-corrected chi connectivity index (χ3v) is 5.64. The minimum absolute atomic E-state index is 0.289. The lowest BCUT2D eigenvalue weighted by atomic mass is 10.3. The number of aromatic nitrogens is 2. The summed E-state index contributed by atoms with van der Waals surface area (Å²) in [6.45, 7) is 0.768. The molecule has 0 radical (unpaired) electrons. The smallest absolute Gasteiger partial charge is 0.178 e. The molecule has 1 aromatic carbocycles. The van der Waals surface area contributed by atoms with E-state index < -0.39 is 0 Å². The number of aromatic amines is 1. The van der Waals surface area contributed by atoms with Gasteiger partial charge in [-0.25, -0.2) is 4.39 Å². The molecule has 0 amide bonds. The van der Waals surface area contributed by atoms with E-state index in [1.807, 2.05) is 10.6 Å². The number of aryl methyl sites for hydroxylation is 2. The number of rotatable bonds is 3. The summed E-state index contributed by atoms with van der Waals surface area (Å²) in [5.74, 6) is -0.289. The zero-order valence-corrected chi connectivity index (χ0v) is 14.9. The molecular weight excluding hydrogens is 427 g/mol. The molecule has 0 unspecified atom stereocenters. The van der Waals surface area contributed by atoms with Crippen LogP contribution in [0.1, 0.15) is 4.88 Å². The largest absolute Gasteiger partial charge is 0.330 e. The molecule has 104 valence electrons. The van der Waals surface area contributed by atoms with E-state index in [1.54, 1.807) is 17.4 Å². The van der Waals surface area contributed by atoms with Crippen molar-refractivity contribution >= 4 is 66.4 Å². The van der Waals surface area contributed by atoms with Gasteiger partial charge in [-0.1, -0.05) is 0 Å². The molecule has 0 atom stereocenters. The van der Waals surface area contributed by atoms with Gasteiger partial charge in [0.05, 0.1) is 19.3 Å². The number of fused-ring (bicyclic) bond motifs is 1. The highest BCUT2D eigenvalue weighted by Crippen LogP contribution is 2.25. The Kier molecular flexibility index (Phi) is 4.12. The predicted octanol–water partition coefficient (Wildman–Crippen LogP) is 5.67. The average molecular weight is 436 g/mol. The van der Waals surface area contributed by atoms with Crippen LogP contribution >= 0.6 is 55.4 Å². The van der Waals surface area contributed by atoms with E-state index in [4.69, 9.17) is 12.2 Å². The normalized spacial score (nSPS) is 11.3. The fourth-order valence-corrected chi connectivity index (χ4v) is 4.18. The van der Waals surface area contributed by atoms with Gasteiger partial charge in [0.1, 0.15) is 5.82 Å².